The standard InChI is InChI=1S/C25H27N3O5/c1-16-17(2)28(19-5-3-4-6-19)25(20(16)14-26)27-23(29)15-33-24(30)10-8-18-7-9-21-22(13-18)32-12-11-31-21/h7-10,13,19H,3-6,11-12,15H2,1-2H3,(H,27,29)/b10-8+. The predicted octanol–water partition coefficient (Wildman–Crippen LogP) is 4.06. The molecule has 8 nitrogen and oxygen atoms in total. The van der Waals surface area contributed by atoms with Crippen LogP contribution in [0.1, 0.15) is 54.1 Å². The Morgan fingerprint density at radius 1 is 1.21 bits per heavy atom. The molecule has 0 saturated heterocycles. The van der Waals surface area contributed by atoms with Crippen LogP contribution in [0.4, 0.5) is 5.82 Å². The number of ether oxygens (including phenoxy) is 3. The van der Waals surface area contributed by atoms with Crippen LogP contribution in [0.2, 0.25) is 0 Å². The number of nitriles is 1. The SMILES string of the molecule is Cc1c(C#N)c(NC(=O)COC(=O)/C=C/c2ccc3c(c2)OCCO3)n(C2CCCC2)c1C. The molecule has 172 valence electrons. The highest BCUT2D eigenvalue weighted by molar-refractivity contribution is 5.95. The number of nitrogens with one attached hydrogen (secondary N) is 1. The summed E-state index contributed by atoms with van der Waals surface area (Å²) in [6.45, 7) is 4.40. The molecule has 1 aromatic carbocycles. The minimum absolute atomic E-state index is 0.262. The van der Waals surface area contributed by atoms with Crippen LogP contribution in [0.15, 0.2) is 24.3 Å². The summed E-state index contributed by atoms with van der Waals surface area (Å²) in [5.41, 5.74) is 3.05. The van der Waals surface area contributed by atoms with Crippen molar-refractivity contribution in [2.75, 3.05) is 25.1 Å². The second-order valence-corrected chi connectivity index (χ2v) is 8.25. The van der Waals surface area contributed by atoms with Crippen molar-refractivity contribution in [2.45, 2.75) is 45.6 Å². The molecule has 33 heavy (non-hydrogen) atoms. The molecule has 0 atom stereocenters. The fourth-order valence-electron chi connectivity index (χ4n) is 4.39. The summed E-state index contributed by atoms with van der Waals surface area (Å²) in [5, 5.41) is 12.4. The van der Waals surface area contributed by atoms with Crippen molar-refractivity contribution in [3.63, 3.8) is 0 Å². The Hall–Kier alpha value is -3.73. The van der Waals surface area contributed by atoms with Gasteiger partial charge in [0, 0.05) is 17.8 Å². The number of carbonyl (C=O) groups is 2. The van der Waals surface area contributed by atoms with Gasteiger partial charge in [0.15, 0.2) is 18.1 Å². The Labute approximate surface area is 192 Å². The smallest absolute Gasteiger partial charge is 0.331 e. The number of hydrogen-bond donors (Lipinski definition) is 1. The Morgan fingerprint density at radius 3 is 2.67 bits per heavy atom. The molecule has 1 fully saturated rings. The molecule has 2 heterocycles. The quantitative estimate of drug-likeness (QED) is 0.527. The van der Waals surface area contributed by atoms with Crippen LogP contribution in [-0.4, -0.2) is 36.3 Å². The zero-order chi connectivity index (χ0) is 23.4. The maximum absolute atomic E-state index is 12.5. The summed E-state index contributed by atoms with van der Waals surface area (Å²) in [4.78, 5) is 24.7. The van der Waals surface area contributed by atoms with Gasteiger partial charge >= 0.3 is 5.97 Å². The Morgan fingerprint density at radius 2 is 1.94 bits per heavy atom. The van der Waals surface area contributed by atoms with Crippen LogP contribution in [0, 0.1) is 25.2 Å². The first-order valence-corrected chi connectivity index (χ1v) is 11.1. The molecule has 1 N–H and O–H groups in total. The lowest BCUT2D eigenvalue weighted by Gasteiger charge is -2.19. The van der Waals surface area contributed by atoms with E-state index in [0.29, 0.717) is 36.1 Å². The molecular weight excluding hydrogens is 422 g/mol. The van der Waals surface area contributed by atoms with E-state index < -0.39 is 18.5 Å². The van der Waals surface area contributed by atoms with Crippen molar-refractivity contribution < 1.29 is 23.8 Å². The zero-order valence-electron chi connectivity index (χ0n) is 18.8. The number of amides is 1. The van der Waals surface area contributed by atoms with Crippen molar-refractivity contribution in [3.05, 3.63) is 46.7 Å². The van der Waals surface area contributed by atoms with Gasteiger partial charge in [-0.3, -0.25) is 4.79 Å². The average Bonchev–Trinajstić information content (AvgIpc) is 3.43. The van der Waals surface area contributed by atoms with Gasteiger partial charge in [0.2, 0.25) is 0 Å². The summed E-state index contributed by atoms with van der Waals surface area (Å²) in [6.07, 6.45) is 7.14. The molecule has 0 radical (unpaired) electrons. The third-order valence-corrected chi connectivity index (χ3v) is 6.14. The van der Waals surface area contributed by atoms with Crippen molar-refractivity contribution in [2.24, 2.45) is 0 Å². The van der Waals surface area contributed by atoms with Crippen LogP contribution in [0.3, 0.4) is 0 Å². The first kappa shape index (κ1) is 22.5. The summed E-state index contributed by atoms with van der Waals surface area (Å²) < 4.78 is 18.2. The Balaban J connectivity index is 1.38. The van der Waals surface area contributed by atoms with Crippen molar-refractivity contribution >= 4 is 23.8 Å². The largest absolute Gasteiger partial charge is 0.486 e. The maximum Gasteiger partial charge on any atom is 0.331 e. The third-order valence-electron chi connectivity index (χ3n) is 6.14. The van der Waals surface area contributed by atoms with Crippen LogP contribution in [0.25, 0.3) is 6.08 Å². The fourth-order valence-corrected chi connectivity index (χ4v) is 4.39. The van der Waals surface area contributed by atoms with E-state index in [0.717, 1.165) is 42.5 Å². The van der Waals surface area contributed by atoms with Crippen molar-refractivity contribution in [1.82, 2.24) is 4.57 Å². The van der Waals surface area contributed by atoms with Gasteiger partial charge in [0.25, 0.3) is 5.91 Å². The normalized spacial score (nSPS) is 15.4. The van der Waals surface area contributed by atoms with E-state index in [1.807, 2.05) is 13.8 Å². The maximum atomic E-state index is 12.5. The molecule has 4 rings (SSSR count). The van der Waals surface area contributed by atoms with Gasteiger partial charge in [-0.15, -0.1) is 0 Å². The van der Waals surface area contributed by atoms with Crippen molar-refractivity contribution in [3.8, 4) is 17.6 Å². The second-order valence-electron chi connectivity index (χ2n) is 8.25. The van der Waals surface area contributed by atoms with E-state index in [4.69, 9.17) is 14.2 Å². The third kappa shape index (κ3) is 4.87. The summed E-state index contributed by atoms with van der Waals surface area (Å²) >= 11 is 0. The predicted molar refractivity (Wildman–Crippen MR) is 122 cm³/mol. The lowest BCUT2D eigenvalue weighted by atomic mass is 10.2. The lowest BCUT2D eigenvalue weighted by Crippen LogP contribution is -2.23. The molecule has 1 aliphatic heterocycles. The first-order chi connectivity index (χ1) is 16.0. The van der Waals surface area contributed by atoms with E-state index in [1.165, 1.54) is 6.08 Å². The number of benzene rings is 1. The minimum atomic E-state index is -0.640. The molecule has 8 heteroatoms. The first-order valence-electron chi connectivity index (χ1n) is 11.1. The van der Waals surface area contributed by atoms with Gasteiger partial charge in [-0.05, 0) is 56.0 Å². The molecule has 0 spiro atoms. The molecule has 2 aliphatic rings. The van der Waals surface area contributed by atoms with Gasteiger partial charge in [-0.2, -0.15) is 5.26 Å². The minimum Gasteiger partial charge on any atom is -0.486 e. The van der Waals surface area contributed by atoms with E-state index in [-0.39, 0.29) is 6.04 Å². The Kier molecular flexibility index (Phi) is 6.68. The fraction of sp³-hybridized carbons (Fsp3) is 0.400. The number of rotatable bonds is 6. The van der Waals surface area contributed by atoms with Gasteiger partial charge < -0.3 is 24.1 Å². The molecule has 1 aromatic heterocycles. The molecule has 1 amide bonds. The van der Waals surface area contributed by atoms with Crippen LogP contribution in [-0.2, 0) is 14.3 Å². The molecule has 0 unspecified atom stereocenters. The summed E-state index contributed by atoms with van der Waals surface area (Å²) in [7, 11) is 0. The molecule has 1 saturated carbocycles. The molecular formula is C25H27N3O5. The van der Waals surface area contributed by atoms with E-state index in [9.17, 15) is 14.9 Å². The number of fused-ring (bicyclic) bond motifs is 1. The van der Waals surface area contributed by atoms with Gasteiger partial charge in [-0.25, -0.2) is 4.79 Å². The molecule has 1 aliphatic carbocycles. The van der Waals surface area contributed by atoms with Crippen LogP contribution >= 0.6 is 0 Å². The number of nitrogens with zero attached hydrogens (tertiary/aromatic N) is 2. The topological polar surface area (TPSA) is 103 Å². The van der Waals surface area contributed by atoms with Gasteiger partial charge in [0.1, 0.15) is 25.1 Å². The lowest BCUT2D eigenvalue weighted by molar-refractivity contribution is -0.142. The van der Waals surface area contributed by atoms with Crippen molar-refractivity contribution in [1.29, 1.82) is 5.26 Å². The number of esters is 1. The Bertz CT molecular complexity index is 1140. The number of aromatic nitrogens is 1. The monoisotopic (exact) mass is 449 g/mol. The van der Waals surface area contributed by atoms with Crippen LogP contribution < -0.4 is 14.8 Å². The zero-order valence-corrected chi connectivity index (χ0v) is 18.8. The molecule has 0 bridgehead atoms. The van der Waals surface area contributed by atoms with E-state index in [2.05, 4.69) is 16.0 Å². The van der Waals surface area contributed by atoms with Gasteiger partial charge in [-0.1, -0.05) is 18.9 Å². The van der Waals surface area contributed by atoms with Gasteiger partial charge in [0.05, 0.1) is 5.56 Å². The highest BCUT2D eigenvalue weighted by atomic mass is 16.6. The van der Waals surface area contributed by atoms with E-state index in [1.54, 1.807) is 24.3 Å². The van der Waals surface area contributed by atoms with E-state index >= 15 is 0 Å². The highest BCUT2D eigenvalue weighted by Gasteiger charge is 2.26. The number of anilines is 1. The number of hydrogen-bond acceptors (Lipinski definition) is 6. The van der Waals surface area contributed by atoms with Crippen LogP contribution in [0.5, 0.6) is 11.5 Å². The average molecular weight is 450 g/mol. The summed E-state index contributed by atoms with van der Waals surface area (Å²) in [5.74, 6) is 0.665. The molecule has 2 aromatic rings. The second kappa shape index (κ2) is 9.82. The highest BCUT2D eigenvalue weighted by Crippen LogP contribution is 2.37. The summed E-state index contributed by atoms with van der Waals surface area (Å²) in [6, 6.07) is 7.82. The number of carbonyl (C=O) groups excluding carboxylic acids is 2.